The molecule has 0 spiro atoms. The number of hydrogen-bond donors (Lipinski definition) is 1. The molecular formula is C105H77BrN8. The Morgan fingerprint density at radius 2 is 0.412 bits per heavy atom. The molecule has 20 aromatic rings. The second-order valence-electron chi connectivity index (χ2n) is 27.5. The van der Waals surface area contributed by atoms with Gasteiger partial charge in [-0.15, -0.1) is 0 Å². The zero-order valence-electron chi connectivity index (χ0n) is 61.6. The van der Waals surface area contributed by atoms with Crippen molar-refractivity contribution in [3.05, 3.63) is 441 Å². The lowest BCUT2D eigenvalue weighted by Crippen LogP contribution is -2.10. The first kappa shape index (κ1) is 72.2. The molecule has 4 aromatic heterocycles. The first-order valence-corrected chi connectivity index (χ1v) is 38.7. The SMILES string of the molecule is Brc1ccc(-c2nc(-c3ccccc3)c(-c3ccccc3)nc2-c2ccccc2)cc1.C.c1ccc(-c2nc(-c3ccccc3)c(-c3ccc(N(c4ccccc4)c4ccc(-n5c6ccccc6c6ccccc65)cc4)cc3)nc2-c2ccccc2)cc1.c1ccc(Nc2ccc(-n3c4ccccc4c4ccccc43)cc2)cc1. The van der Waals surface area contributed by atoms with Crippen LogP contribution in [0.1, 0.15) is 7.43 Å². The van der Waals surface area contributed by atoms with E-state index in [1.54, 1.807) is 0 Å². The van der Waals surface area contributed by atoms with Gasteiger partial charge in [0, 0.05) is 110 Å². The first-order valence-electron chi connectivity index (χ1n) is 37.9. The van der Waals surface area contributed by atoms with Crippen LogP contribution in [0.2, 0.25) is 0 Å². The summed E-state index contributed by atoms with van der Waals surface area (Å²) < 4.78 is 5.72. The Hall–Kier alpha value is -14.6. The predicted molar refractivity (Wildman–Crippen MR) is 482 cm³/mol. The number of hydrogen-bond acceptors (Lipinski definition) is 6. The van der Waals surface area contributed by atoms with Crippen molar-refractivity contribution in [1.82, 2.24) is 29.1 Å². The smallest absolute Gasteiger partial charge is 0.0973 e. The van der Waals surface area contributed by atoms with Crippen molar-refractivity contribution < 1.29 is 0 Å². The van der Waals surface area contributed by atoms with Crippen molar-refractivity contribution in [1.29, 1.82) is 0 Å². The van der Waals surface area contributed by atoms with E-state index in [2.05, 4.69) is 369 Å². The average Bonchev–Trinajstić information content (AvgIpc) is 1.72. The Morgan fingerprint density at radius 3 is 0.711 bits per heavy atom. The zero-order chi connectivity index (χ0) is 75.7. The summed E-state index contributed by atoms with van der Waals surface area (Å²) in [7, 11) is 0. The number of aromatic nitrogens is 6. The van der Waals surface area contributed by atoms with E-state index in [0.717, 1.165) is 129 Å². The summed E-state index contributed by atoms with van der Waals surface area (Å²) in [6, 6.07) is 152. The van der Waals surface area contributed by atoms with Crippen LogP contribution in [0.4, 0.5) is 28.4 Å². The fourth-order valence-corrected chi connectivity index (χ4v) is 15.3. The van der Waals surface area contributed by atoms with Crippen molar-refractivity contribution in [3.8, 4) is 101 Å². The minimum atomic E-state index is 0. The molecule has 0 bridgehead atoms. The molecule has 1 N–H and O–H groups in total. The van der Waals surface area contributed by atoms with Crippen LogP contribution in [0.3, 0.4) is 0 Å². The molecular weight excluding hydrogens is 1450 g/mol. The van der Waals surface area contributed by atoms with Gasteiger partial charge in [0.2, 0.25) is 0 Å². The van der Waals surface area contributed by atoms with Crippen LogP contribution < -0.4 is 10.2 Å². The van der Waals surface area contributed by atoms with Gasteiger partial charge in [-0.1, -0.05) is 339 Å². The summed E-state index contributed by atoms with van der Waals surface area (Å²) in [5, 5.41) is 8.52. The second kappa shape index (κ2) is 33.3. The van der Waals surface area contributed by atoms with Gasteiger partial charge in [-0.05, 0) is 121 Å². The second-order valence-corrected chi connectivity index (χ2v) is 28.4. The zero-order valence-corrected chi connectivity index (χ0v) is 63.2. The maximum Gasteiger partial charge on any atom is 0.0973 e. The summed E-state index contributed by atoms with van der Waals surface area (Å²) in [5.74, 6) is 0. The van der Waals surface area contributed by atoms with Gasteiger partial charge in [0.05, 0.1) is 67.6 Å². The van der Waals surface area contributed by atoms with Crippen molar-refractivity contribution in [3.63, 3.8) is 0 Å². The van der Waals surface area contributed by atoms with Crippen LogP contribution in [0.5, 0.6) is 0 Å². The Kier molecular flexibility index (Phi) is 21.1. The van der Waals surface area contributed by atoms with E-state index in [9.17, 15) is 0 Å². The molecule has 0 amide bonds. The Labute approximate surface area is 672 Å². The van der Waals surface area contributed by atoms with Gasteiger partial charge in [-0.2, -0.15) is 0 Å². The normalized spacial score (nSPS) is 11.0. The van der Waals surface area contributed by atoms with Crippen molar-refractivity contribution in [2.24, 2.45) is 0 Å². The summed E-state index contributed by atoms with van der Waals surface area (Å²) >= 11 is 3.54. The summed E-state index contributed by atoms with van der Waals surface area (Å²) in [6.07, 6.45) is 0. The molecule has 9 heteroatoms. The lowest BCUT2D eigenvalue weighted by atomic mass is 9.99. The third-order valence-corrected chi connectivity index (χ3v) is 20.8. The highest BCUT2D eigenvalue weighted by Crippen LogP contribution is 2.43. The minimum absolute atomic E-state index is 0. The number of rotatable bonds is 15. The van der Waals surface area contributed by atoms with E-state index >= 15 is 0 Å². The Morgan fingerprint density at radius 1 is 0.202 bits per heavy atom. The number of nitrogens with zero attached hydrogens (tertiary/aromatic N) is 7. The average molecular weight is 1530 g/mol. The van der Waals surface area contributed by atoms with Crippen LogP contribution in [0.15, 0.2) is 441 Å². The van der Waals surface area contributed by atoms with Crippen LogP contribution >= 0.6 is 15.9 Å². The summed E-state index contributed by atoms with van der Waals surface area (Å²) in [4.78, 5) is 23.6. The van der Waals surface area contributed by atoms with Crippen LogP contribution in [0, 0.1) is 0 Å². The van der Waals surface area contributed by atoms with Gasteiger partial charge < -0.3 is 19.4 Å². The quantitative estimate of drug-likeness (QED) is 0.110. The highest BCUT2D eigenvalue weighted by Gasteiger charge is 2.23. The van der Waals surface area contributed by atoms with E-state index in [-0.39, 0.29) is 7.43 Å². The molecule has 8 nitrogen and oxygen atoms in total. The molecule has 0 saturated heterocycles. The molecule has 0 aliphatic rings. The van der Waals surface area contributed by atoms with Crippen LogP contribution in [0.25, 0.3) is 145 Å². The first-order chi connectivity index (χ1) is 56.0. The summed E-state index contributed by atoms with van der Waals surface area (Å²) in [5.41, 5.74) is 27.7. The van der Waals surface area contributed by atoms with Gasteiger partial charge in [0.15, 0.2) is 0 Å². The topological polar surface area (TPSA) is 76.7 Å². The van der Waals surface area contributed by atoms with Gasteiger partial charge in [-0.3, -0.25) is 0 Å². The van der Waals surface area contributed by atoms with Crippen LogP contribution in [-0.4, -0.2) is 29.1 Å². The maximum absolute atomic E-state index is 5.46. The molecule has 16 aromatic carbocycles. The number of nitrogens with one attached hydrogen (secondary N) is 1. The highest BCUT2D eigenvalue weighted by molar-refractivity contribution is 9.10. The highest BCUT2D eigenvalue weighted by atomic mass is 79.9. The molecule has 544 valence electrons. The van der Waals surface area contributed by atoms with Gasteiger partial charge in [0.25, 0.3) is 0 Å². The van der Waals surface area contributed by atoms with Gasteiger partial charge in [-0.25, -0.2) is 19.9 Å². The third-order valence-electron chi connectivity index (χ3n) is 20.3. The van der Waals surface area contributed by atoms with E-state index in [1.807, 2.05) is 103 Å². The molecule has 0 saturated carbocycles. The molecule has 0 fully saturated rings. The molecule has 0 aliphatic carbocycles. The van der Waals surface area contributed by atoms with Crippen molar-refractivity contribution in [2.45, 2.75) is 7.43 Å². The standard InChI is InChI=1S/C52H36N4.C28H19BrN2.C24H18N2.CH4/c1-5-17-37(18-6-1)49-50(38-19-7-2-8-20-38)54-52(51(53-49)39-21-9-3-10-22-39)40-29-31-42(32-30-40)55(41-23-11-4-12-24-41)43-33-35-44(36-34-43)56-47-27-15-13-25-45(47)46-26-14-16-28-48(46)56;29-24-18-16-23(17-19-24)28-27(22-14-8-3-9-15-22)30-25(20-10-4-1-5-11-20)26(31-28)21-12-6-2-7-13-21;1-2-8-18(9-3-1)25-19-14-16-20(17-15-19)26-23-12-6-4-10-21(23)22-11-5-7-13-24(22)26;/h1-36H;1-19H;1-17,25H;1H4. The molecule has 20 rings (SSSR count). The largest absolute Gasteiger partial charge is 0.356 e. The molecule has 0 radical (unpaired) electrons. The van der Waals surface area contributed by atoms with E-state index in [4.69, 9.17) is 19.9 Å². The fraction of sp³-hybridized carbons (Fsp3) is 0.00952. The number of fused-ring (bicyclic) bond motifs is 6. The predicted octanol–water partition coefficient (Wildman–Crippen LogP) is 28.8. The van der Waals surface area contributed by atoms with Crippen molar-refractivity contribution in [2.75, 3.05) is 10.2 Å². The van der Waals surface area contributed by atoms with E-state index in [0.29, 0.717) is 0 Å². The molecule has 0 aliphatic heterocycles. The molecule has 0 atom stereocenters. The number of benzene rings is 16. The monoisotopic (exact) mass is 1530 g/mol. The Bertz CT molecular complexity index is 6530. The lowest BCUT2D eigenvalue weighted by molar-refractivity contribution is 1.17. The fourth-order valence-electron chi connectivity index (χ4n) is 15.0. The van der Waals surface area contributed by atoms with E-state index < -0.39 is 0 Å². The summed E-state index contributed by atoms with van der Waals surface area (Å²) in [6.45, 7) is 0. The molecule has 0 unspecified atom stereocenters. The number of halogens is 1. The van der Waals surface area contributed by atoms with E-state index in [1.165, 1.54) is 49.3 Å². The maximum atomic E-state index is 5.46. The minimum Gasteiger partial charge on any atom is -0.356 e. The number of anilines is 5. The molecule has 114 heavy (non-hydrogen) atoms. The Balaban J connectivity index is 0.000000136. The van der Waals surface area contributed by atoms with Crippen molar-refractivity contribution >= 4 is 88.0 Å². The lowest BCUT2D eigenvalue weighted by Gasteiger charge is -2.26. The number of para-hydroxylation sites is 6. The van der Waals surface area contributed by atoms with Gasteiger partial charge in [0.1, 0.15) is 0 Å². The van der Waals surface area contributed by atoms with Gasteiger partial charge >= 0.3 is 0 Å². The third kappa shape index (κ3) is 15.0. The molecule has 4 heterocycles. The van der Waals surface area contributed by atoms with Crippen LogP contribution in [-0.2, 0) is 0 Å².